The molecule has 0 saturated carbocycles. The molecule has 2 aromatic rings. The Hall–Kier alpha value is -2.09. The van der Waals surface area contributed by atoms with Gasteiger partial charge in [0.25, 0.3) is 0 Å². The first kappa shape index (κ1) is 15.0. The van der Waals surface area contributed by atoms with Crippen molar-refractivity contribution in [2.45, 2.75) is 46.6 Å². The van der Waals surface area contributed by atoms with Crippen molar-refractivity contribution >= 4 is 0 Å². The topological polar surface area (TPSA) is 70.3 Å². The van der Waals surface area contributed by atoms with Crippen LogP contribution in [0.15, 0.2) is 18.6 Å². The molecule has 0 aliphatic rings. The van der Waals surface area contributed by atoms with Crippen molar-refractivity contribution in [3.63, 3.8) is 0 Å². The molecule has 2 aromatic heterocycles. The van der Waals surface area contributed by atoms with Crippen LogP contribution in [0, 0.1) is 25.2 Å². The van der Waals surface area contributed by atoms with Gasteiger partial charge < -0.3 is 9.55 Å². The average Bonchev–Trinajstić information content (AvgIpc) is 3.00. The lowest BCUT2D eigenvalue weighted by Gasteiger charge is -1.99. The van der Waals surface area contributed by atoms with E-state index in [0.717, 1.165) is 23.9 Å². The fourth-order valence-corrected chi connectivity index (χ4v) is 1.61. The lowest BCUT2D eigenvalue weighted by molar-refractivity contribution is 0.658. The van der Waals surface area contributed by atoms with Gasteiger partial charge in [-0.25, -0.2) is 9.97 Å². The van der Waals surface area contributed by atoms with Crippen molar-refractivity contribution in [2.75, 3.05) is 0 Å². The third-order valence-corrected chi connectivity index (χ3v) is 2.77. The van der Waals surface area contributed by atoms with Crippen LogP contribution in [-0.2, 0) is 6.54 Å². The van der Waals surface area contributed by atoms with Gasteiger partial charge in [-0.05, 0) is 27.2 Å². The summed E-state index contributed by atoms with van der Waals surface area (Å²) in [5.41, 5.74) is 0.889. The van der Waals surface area contributed by atoms with Crippen molar-refractivity contribution < 1.29 is 0 Å². The number of hydrogen-bond donors (Lipinski definition) is 1. The van der Waals surface area contributed by atoms with Crippen LogP contribution >= 0.6 is 0 Å². The Morgan fingerprint density at radius 2 is 2.16 bits per heavy atom. The van der Waals surface area contributed by atoms with Crippen LogP contribution in [0.25, 0.3) is 0 Å². The predicted octanol–water partition coefficient (Wildman–Crippen LogP) is 2.95. The third kappa shape index (κ3) is 4.59. The molecule has 0 bridgehead atoms. The van der Waals surface area contributed by atoms with Crippen LogP contribution in [0.1, 0.15) is 43.5 Å². The second-order valence-corrected chi connectivity index (χ2v) is 4.44. The maximum Gasteiger partial charge on any atom is 0.105 e. The molecular formula is C14H21N5. The molecule has 5 nitrogen and oxygen atoms in total. The Morgan fingerprint density at radius 3 is 2.58 bits per heavy atom. The molecule has 0 amide bonds. The minimum Gasteiger partial charge on any atom is -0.345 e. The van der Waals surface area contributed by atoms with E-state index in [1.165, 1.54) is 6.42 Å². The Bertz CT molecular complexity index is 532. The van der Waals surface area contributed by atoms with Crippen LogP contribution in [-0.4, -0.2) is 19.5 Å². The summed E-state index contributed by atoms with van der Waals surface area (Å²) >= 11 is 0. The van der Waals surface area contributed by atoms with Crippen LogP contribution in [0.2, 0.25) is 0 Å². The molecule has 1 atom stereocenters. The zero-order valence-corrected chi connectivity index (χ0v) is 12.0. The number of rotatable bonds is 3. The van der Waals surface area contributed by atoms with Crippen LogP contribution in [0.4, 0.5) is 0 Å². The second kappa shape index (κ2) is 7.37. The van der Waals surface area contributed by atoms with Gasteiger partial charge in [0.15, 0.2) is 0 Å². The quantitative estimate of drug-likeness (QED) is 0.921. The van der Waals surface area contributed by atoms with Crippen LogP contribution in [0.5, 0.6) is 0 Å². The lowest BCUT2D eigenvalue weighted by Crippen LogP contribution is -1.96. The summed E-state index contributed by atoms with van der Waals surface area (Å²) < 4.78 is 2.15. The van der Waals surface area contributed by atoms with Gasteiger partial charge in [0.1, 0.15) is 11.6 Å². The molecule has 0 aliphatic carbocycles. The van der Waals surface area contributed by atoms with Gasteiger partial charge in [-0.2, -0.15) is 5.26 Å². The van der Waals surface area contributed by atoms with Gasteiger partial charge in [-0.3, -0.25) is 0 Å². The van der Waals surface area contributed by atoms with Gasteiger partial charge in [-0.15, -0.1) is 0 Å². The number of imidazole rings is 2. The van der Waals surface area contributed by atoms with E-state index in [2.05, 4.69) is 32.5 Å². The van der Waals surface area contributed by atoms with E-state index < -0.39 is 0 Å². The fourth-order valence-electron chi connectivity index (χ4n) is 1.61. The zero-order chi connectivity index (χ0) is 14.3. The summed E-state index contributed by atoms with van der Waals surface area (Å²) in [7, 11) is 0. The largest absolute Gasteiger partial charge is 0.345 e. The number of aryl methyl sites for hydroxylation is 3. The Morgan fingerprint density at radius 1 is 1.42 bits per heavy atom. The molecule has 0 spiro atoms. The maximum atomic E-state index is 8.50. The van der Waals surface area contributed by atoms with E-state index >= 15 is 0 Å². The molecule has 102 valence electrons. The molecular weight excluding hydrogens is 238 g/mol. The SMILES string of the molecule is CCCn1ccnc1C.Cc1ncc(C(C)C#N)[nH]1. The smallest absolute Gasteiger partial charge is 0.105 e. The predicted molar refractivity (Wildman–Crippen MR) is 74.6 cm³/mol. The number of nitriles is 1. The molecule has 0 aliphatic heterocycles. The first-order valence-electron chi connectivity index (χ1n) is 6.47. The standard InChI is InChI=1S/C7H9N3.C7H12N2/c1-5(3-8)7-4-9-6(2)10-7;1-3-5-9-6-4-8-7(9)2/h4-5H,1-2H3,(H,9,10);4,6H,3,5H2,1-2H3. The number of hydrogen-bond acceptors (Lipinski definition) is 3. The summed E-state index contributed by atoms with van der Waals surface area (Å²) in [4.78, 5) is 11.1. The van der Waals surface area contributed by atoms with Crippen molar-refractivity contribution in [2.24, 2.45) is 0 Å². The minimum absolute atomic E-state index is 0.0822. The maximum absolute atomic E-state index is 8.50. The molecule has 1 unspecified atom stereocenters. The molecule has 5 heteroatoms. The molecule has 1 N–H and O–H groups in total. The molecule has 19 heavy (non-hydrogen) atoms. The summed E-state index contributed by atoms with van der Waals surface area (Å²) in [6.07, 6.45) is 6.73. The van der Waals surface area contributed by atoms with E-state index in [0.29, 0.717) is 0 Å². The molecule has 0 saturated heterocycles. The van der Waals surface area contributed by atoms with Crippen LogP contribution in [0.3, 0.4) is 0 Å². The zero-order valence-electron chi connectivity index (χ0n) is 12.0. The lowest BCUT2D eigenvalue weighted by atomic mass is 10.1. The first-order valence-corrected chi connectivity index (χ1v) is 6.47. The van der Waals surface area contributed by atoms with Gasteiger partial charge in [0, 0.05) is 25.1 Å². The molecule has 0 aromatic carbocycles. The normalized spacial score (nSPS) is 11.3. The van der Waals surface area contributed by atoms with E-state index in [9.17, 15) is 0 Å². The Labute approximate surface area is 114 Å². The van der Waals surface area contributed by atoms with Gasteiger partial charge in [0.2, 0.25) is 0 Å². The number of nitrogens with one attached hydrogen (secondary N) is 1. The van der Waals surface area contributed by atoms with Gasteiger partial charge in [-0.1, -0.05) is 6.92 Å². The van der Waals surface area contributed by atoms with E-state index in [1.807, 2.05) is 33.2 Å². The van der Waals surface area contributed by atoms with E-state index in [4.69, 9.17) is 5.26 Å². The molecule has 0 fully saturated rings. The van der Waals surface area contributed by atoms with E-state index in [-0.39, 0.29) is 5.92 Å². The summed E-state index contributed by atoms with van der Waals surface area (Å²) in [5, 5.41) is 8.50. The number of aromatic nitrogens is 4. The summed E-state index contributed by atoms with van der Waals surface area (Å²) in [6.45, 7) is 8.99. The van der Waals surface area contributed by atoms with Crippen molar-refractivity contribution in [1.29, 1.82) is 5.26 Å². The second-order valence-electron chi connectivity index (χ2n) is 4.44. The highest BCUT2D eigenvalue weighted by Crippen LogP contribution is 2.09. The Kier molecular flexibility index (Phi) is 5.80. The highest BCUT2D eigenvalue weighted by molar-refractivity contribution is 5.12. The number of H-pyrrole nitrogens is 1. The highest BCUT2D eigenvalue weighted by atomic mass is 15.0. The summed E-state index contributed by atoms with van der Waals surface area (Å²) in [5.74, 6) is 1.88. The van der Waals surface area contributed by atoms with Crippen molar-refractivity contribution in [3.05, 3.63) is 35.9 Å². The minimum atomic E-state index is -0.0822. The van der Waals surface area contributed by atoms with Gasteiger partial charge in [0.05, 0.1) is 17.7 Å². The number of nitrogens with zero attached hydrogens (tertiary/aromatic N) is 4. The molecule has 0 radical (unpaired) electrons. The van der Waals surface area contributed by atoms with Crippen molar-refractivity contribution in [1.82, 2.24) is 19.5 Å². The van der Waals surface area contributed by atoms with E-state index in [1.54, 1.807) is 6.20 Å². The molecule has 2 rings (SSSR count). The first-order chi connectivity index (χ1) is 9.08. The third-order valence-electron chi connectivity index (χ3n) is 2.77. The number of aromatic amines is 1. The Balaban J connectivity index is 0.000000191. The highest BCUT2D eigenvalue weighted by Gasteiger charge is 2.04. The summed E-state index contributed by atoms with van der Waals surface area (Å²) in [6, 6.07) is 2.12. The fraction of sp³-hybridized carbons (Fsp3) is 0.500. The van der Waals surface area contributed by atoms with Gasteiger partial charge >= 0.3 is 0 Å². The van der Waals surface area contributed by atoms with Crippen molar-refractivity contribution in [3.8, 4) is 6.07 Å². The van der Waals surface area contributed by atoms with Crippen LogP contribution < -0.4 is 0 Å². The monoisotopic (exact) mass is 259 g/mol. The average molecular weight is 259 g/mol. The molecule has 2 heterocycles.